The Morgan fingerprint density at radius 2 is 1.64 bits per heavy atom. The molecule has 2 rings (SSSR count). The van der Waals surface area contributed by atoms with Crippen LogP contribution in [0.5, 0.6) is 0 Å². The lowest BCUT2D eigenvalue weighted by molar-refractivity contribution is 0.162. The summed E-state index contributed by atoms with van der Waals surface area (Å²) >= 11 is 0. The van der Waals surface area contributed by atoms with E-state index in [1.807, 2.05) is 37.3 Å². The van der Waals surface area contributed by atoms with E-state index in [9.17, 15) is 13.5 Å². The fraction of sp³-hybridized carbons (Fsp3) is 0.294. The molecule has 5 heteroatoms. The highest BCUT2D eigenvalue weighted by Crippen LogP contribution is 2.24. The van der Waals surface area contributed by atoms with Crippen LogP contribution in [0.4, 0.5) is 5.69 Å². The molecule has 0 aliphatic heterocycles. The summed E-state index contributed by atoms with van der Waals surface area (Å²) < 4.78 is 23.6. The van der Waals surface area contributed by atoms with Crippen LogP contribution >= 0.6 is 0 Å². The van der Waals surface area contributed by atoms with Crippen molar-refractivity contribution in [3.05, 3.63) is 60.2 Å². The lowest BCUT2D eigenvalue weighted by Gasteiger charge is -2.20. The van der Waals surface area contributed by atoms with Gasteiger partial charge < -0.3 is 10.4 Å². The van der Waals surface area contributed by atoms with Crippen molar-refractivity contribution in [1.29, 1.82) is 0 Å². The Morgan fingerprint density at radius 3 is 2.27 bits per heavy atom. The van der Waals surface area contributed by atoms with E-state index in [0.717, 1.165) is 5.56 Å². The van der Waals surface area contributed by atoms with Crippen molar-refractivity contribution < 1.29 is 13.5 Å². The molecule has 118 valence electrons. The standard InChI is InChI=1S/C17H21NO3S/c1-13(12-16(19)14-8-4-3-5-9-14)18-15-10-6-7-11-17(15)22(2,20)21/h3-11,13,16,18-19H,12H2,1-2H3/t13-,16+/m1/s1. The van der Waals surface area contributed by atoms with Crippen LogP contribution in [0.3, 0.4) is 0 Å². The van der Waals surface area contributed by atoms with E-state index in [1.54, 1.807) is 24.3 Å². The second-order valence-corrected chi connectivity index (χ2v) is 7.46. The van der Waals surface area contributed by atoms with Crippen molar-refractivity contribution in [2.24, 2.45) is 0 Å². The van der Waals surface area contributed by atoms with Crippen LogP contribution in [0, 0.1) is 0 Å². The normalized spacial score (nSPS) is 14.3. The molecule has 0 heterocycles. The predicted molar refractivity (Wildman–Crippen MR) is 88.7 cm³/mol. The van der Waals surface area contributed by atoms with E-state index in [0.29, 0.717) is 12.1 Å². The summed E-state index contributed by atoms with van der Waals surface area (Å²) in [5.74, 6) is 0. The number of hydrogen-bond acceptors (Lipinski definition) is 4. The molecule has 0 radical (unpaired) electrons. The molecule has 2 atom stereocenters. The summed E-state index contributed by atoms with van der Waals surface area (Å²) in [5.41, 5.74) is 1.42. The van der Waals surface area contributed by atoms with Crippen molar-refractivity contribution in [3.63, 3.8) is 0 Å². The van der Waals surface area contributed by atoms with Gasteiger partial charge in [0.2, 0.25) is 0 Å². The SMILES string of the molecule is C[C@H](C[C@H](O)c1ccccc1)Nc1ccccc1S(C)(=O)=O. The highest BCUT2D eigenvalue weighted by molar-refractivity contribution is 7.90. The van der Waals surface area contributed by atoms with Crippen LogP contribution < -0.4 is 5.32 Å². The maximum Gasteiger partial charge on any atom is 0.177 e. The minimum atomic E-state index is -3.28. The smallest absolute Gasteiger partial charge is 0.177 e. The molecule has 0 aliphatic rings. The van der Waals surface area contributed by atoms with Crippen molar-refractivity contribution in [2.45, 2.75) is 30.4 Å². The summed E-state index contributed by atoms with van der Waals surface area (Å²) in [6, 6.07) is 16.2. The Morgan fingerprint density at radius 1 is 1.05 bits per heavy atom. The zero-order chi connectivity index (χ0) is 16.2. The maximum absolute atomic E-state index is 11.8. The van der Waals surface area contributed by atoms with E-state index < -0.39 is 15.9 Å². The Balaban J connectivity index is 2.09. The van der Waals surface area contributed by atoms with Gasteiger partial charge in [-0.3, -0.25) is 0 Å². The number of anilines is 1. The van der Waals surface area contributed by atoms with E-state index in [-0.39, 0.29) is 10.9 Å². The Hall–Kier alpha value is -1.85. The average Bonchev–Trinajstić information content (AvgIpc) is 2.47. The molecule has 0 spiro atoms. The molecule has 0 bridgehead atoms. The van der Waals surface area contributed by atoms with Crippen LogP contribution in [-0.4, -0.2) is 25.8 Å². The molecule has 0 fully saturated rings. The van der Waals surface area contributed by atoms with Gasteiger partial charge in [0.05, 0.1) is 16.7 Å². The zero-order valence-corrected chi connectivity index (χ0v) is 13.5. The van der Waals surface area contributed by atoms with E-state index >= 15 is 0 Å². The molecular formula is C17H21NO3S. The minimum absolute atomic E-state index is 0.0712. The van der Waals surface area contributed by atoms with E-state index in [4.69, 9.17) is 0 Å². The molecule has 2 aromatic rings. The Bertz CT molecular complexity index is 714. The van der Waals surface area contributed by atoms with Crippen LogP contribution in [-0.2, 0) is 9.84 Å². The third kappa shape index (κ3) is 4.32. The summed E-state index contributed by atoms with van der Waals surface area (Å²) in [5, 5.41) is 13.4. The first kappa shape index (κ1) is 16.5. The molecule has 2 aromatic carbocycles. The number of sulfone groups is 1. The topological polar surface area (TPSA) is 66.4 Å². The van der Waals surface area contributed by atoms with Gasteiger partial charge in [0.1, 0.15) is 0 Å². The molecule has 22 heavy (non-hydrogen) atoms. The molecule has 2 N–H and O–H groups in total. The van der Waals surface area contributed by atoms with Gasteiger partial charge in [-0.15, -0.1) is 0 Å². The molecular weight excluding hydrogens is 298 g/mol. The summed E-state index contributed by atoms with van der Waals surface area (Å²) in [6.07, 6.45) is 1.09. The van der Waals surface area contributed by atoms with Crippen LogP contribution in [0.2, 0.25) is 0 Å². The summed E-state index contributed by atoms with van der Waals surface area (Å²) in [4.78, 5) is 0.274. The number of rotatable bonds is 6. The second kappa shape index (κ2) is 6.94. The van der Waals surface area contributed by atoms with Gasteiger partial charge >= 0.3 is 0 Å². The lowest BCUT2D eigenvalue weighted by Crippen LogP contribution is -2.20. The number of aliphatic hydroxyl groups is 1. The highest BCUT2D eigenvalue weighted by atomic mass is 32.2. The Labute approximate surface area is 131 Å². The van der Waals surface area contributed by atoms with Gasteiger partial charge in [0, 0.05) is 12.3 Å². The first-order valence-electron chi connectivity index (χ1n) is 7.16. The largest absolute Gasteiger partial charge is 0.388 e. The summed E-state index contributed by atoms with van der Waals surface area (Å²) in [6.45, 7) is 1.92. The average molecular weight is 319 g/mol. The first-order valence-corrected chi connectivity index (χ1v) is 9.05. The summed E-state index contributed by atoms with van der Waals surface area (Å²) in [7, 11) is -3.28. The molecule has 0 saturated heterocycles. The fourth-order valence-electron chi connectivity index (χ4n) is 2.38. The van der Waals surface area contributed by atoms with Crippen LogP contribution in [0.1, 0.15) is 25.0 Å². The number of para-hydroxylation sites is 1. The monoisotopic (exact) mass is 319 g/mol. The lowest BCUT2D eigenvalue weighted by atomic mass is 10.0. The Kier molecular flexibility index (Phi) is 5.21. The van der Waals surface area contributed by atoms with Gasteiger partial charge in [-0.25, -0.2) is 8.42 Å². The van der Waals surface area contributed by atoms with Crippen LogP contribution in [0.25, 0.3) is 0 Å². The third-order valence-corrected chi connectivity index (χ3v) is 4.60. The number of hydrogen-bond donors (Lipinski definition) is 2. The van der Waals surface area contributed by atoms with Crippen LogP contribution in [0.15, 0.2) is 59.5 Å². The van der Waals surface area contributed by atoms with Crippen molar-refractivity contribution in [1.82, 2.24) is 0 Å². The molecule has 0 saturated carbocycles. The third-order valence-electron chi connectivity index (χ3n) is 3.45. The van der Waals surface area contributed by atoms with Gasteiger partial charge in [-0.05, 0) is 31.0 Å². The molecule has 0 unspecified atom stereocenters. The molecule has 0 aromatic heterocycles. The van der Waals surface area contributed by atoms with E-state index in [2.05, 4.69) is 5.32 Å². The van der Waals surface area contributed by atoms with E-state index in [1.165, 1.54) is 6.26 Å². The number of benzene rings is 2. The van der Waals surface area contributed by atoms with Gasteiger partial charge in [-0.2, -0.15) is 0 Å². The maximum atomic E-state index is 11.8. The first-order chi connectivity index (χ1) is 10.4. The highest BCUT2D eigenvalue weighted by Gasteiger charge is 2.16. The molecule has 0 aliphatic carbocycles. The van der Waals surface area contributed by atoms with Gasteiger partial charge in [-0.1, -0.05) is 42.5 Å². The van der Waals surface area contributed by atoms with Gasteiger partial charge in [0.25, 0.3) is 0 Å². The number of aliphatic hydroxyl groups excluding tert-OH is 1. The quantitative estimate of drug-likeness (QED) is 0.859. The van der Waals surface area contributed by atoms with Crippen molar-refractivity contribution in [3.8, 4) is 0 Å². The predicted octanol–water partition coefficient (Wildman–Crippen LogP) is 3.01. The van der Waals surface area contributed by atoms with Crippen molar-refractivity contribution in [2.75, 3.05) is 11.6 Å². The fourth-order valence-corrected chi connectivity index (χ4v) is 3.23. The molecule has 4 nitrogen and oxygen atoms in total. The minimum Gasteiger partial charge on any atom is -0.388 e. The van der Waals surface area contributed by atoms with Crippen molar-refractivity contribution >= 4 is 15.5 Å². The zero-order valence-electron chi connectivity index (χ0n) is 12.7. The second-order valence-electron chi connectivity index (χ2n) is 5.48. The van der Waals surface area contributed by atoms with Gasteiger partial charge in [0.15, 0.2) is 9.84 Å². The molecule has 0 amide bonds. The number of nitrogens with one attached hydrogen (secondary N) is 1.